The summed E-state index contributed by atoms with van der Waals surface area (Å²) >= 11 is 0. The number of aromatic nitrogens is 2. The normalized spacial score (nSPS) is 14.7. The summed E-state index contributed by atoms with van der Waals surface area (Å²) in [5.41, 5.74) is 9.00. The number of benzene rings is 5. The third kappa shape index (κ3) is 3.26. The van der Waals surface area contributed by atoms with Gasteiger partial charge >= 0.3 is 0 Å². The number of nitrogens with zero attached hydrogens (tertiary/aromatic N) is 2. The lowest BCUT2D eigenvalue weighted by molar-refractivity contribution is 0.367. The molecule has 0 spiro atoms. The van der Waals surface area contributed by atoms with Crippen LogP contribution in [0.2, 0.25) is 0 Å². The van der Waals surface area contributed by atoms with Crippen molar-refractivity contribution in [1.82, 2.24) is 9.13 Å². The number of hydrogen-bond donors (Lipinski definition) is 0. The van der Waals surface area contributed by atoms with Crippen molar-refractivity contribution >= 4 is 43.6 Å². The van der Waals surface area contributed by atoms with Crippen LogP contribution in [0.3, 0.4) is 0 Å². The first-order chi connectivity index (χ1) is 18.9. The minimum atomic E-state index is 0.587. The van der Waals surface area contributed by atoms with Crippen LogP contribution >= 0.6 is 0 Å². The second-order valence-electron chi connectivity index (χ2n) is 10.8. The number of para-hydroxylation sites is 3. The van der Waals surface area contributed by atoms with Gasteiger partial charge in [0.2, 0.25) is 0 Å². The minimum absolute atomic E-state index is 0.587. The summed E-state index contributed by atoms with van der Waals surface area (Å²) in [7, 11) is 0. The molecule has 1 fully saturated rings. The summed E-state index contributed by atoms with van der Waals surface area (Å²) in [6, 6.07) is 43.2. The van der Waals surface area contributed by atoms with E-state index in [0.29, 0.717) is 6.04 Å². The number of rotatable bonds is 3. The lowest BCUT2D eigenvalue weighted by Crippen LogP contribution is -2.12. The van der Waals surface area contributed by atoms with Gasteiger partial charge in [-0.3, -0.25) is 0 Å². The maximum absolute atomic E-state index is 2.66. The SMILES string of the molecule is c1ccc(-n2c3ccccc3c3ccc(-c4ccc5c6ccccc6n(C6CCCCC6)c5c4)cc32)cc1. The molecule has 0 atom stereocenters. The third-order valence-corrected chi connectivity index (χ3v) is 8.67. The fourth-order valence-corrected chi connectivity index (χ4v) is 6.92. The molecule has 0 bridgehead atoms. The van der Waals surface area contributed by atoms with Gasteiger partial charge in [-0.05, 0) is 60.4 Å². The highest BCUT2D eigenvalue weighted by Gasteiger charge is 2.21. The number of fused-ring (bicyclic) bond motifs is 6. The quantitative estimate of drug-likeness (QED) is 0.233. The predicted octanol–water partition coefficient (Wildman–Crippen LogP) is 10.1. The van der Waals surface area contributed by atoms with Crippen LogP contribution in [0.4, 0.5) is 0 Å². The summed E-state index contributed by atoms with van der Waals surface area (Å²) in [6.45, 7) is 0. The standard InChI is InChI=1S/C36H30N2/c1-3-11-27(12-4-1)37-33-17-9-7-15-29(33)31-21-19-25(23-35(31)37)26-20-22-32-30-16-8-10-18-34(30)38(36(32)24-26)28-13-5-2-6-14-28/h1,3-4,7-12,15-24,28H,2,5-6,13-14H2. The molecular formula is C36H30N2. The molecule has 7 aromatic rings. The van der Waals surface area contributed by atoms with E-state index in [2.05, 4.69) is 124 Å². The molecule has 38 heavy (non-hydrogen) atoms. The van der Waals surface area contributed by atoms with Crippen LogP contribution in [0.15, 0.2) is 115 Å². The van der Waals surface area contributed by atoms with Crippen molar-refractivity contribution in [1.29, 1.82) is 0 Å². The molecule has 0 N–H and O–H groups in total. The third-order valence-electron chi connectivity index (χ3n) is 8.67. The Hall–Kier alpha value is -4.30. The van der Waals surface area contributed by atoms with Gasteiger partial charge in [0.1, 0.15) is 0 Å². The molecule has 1 saturated carbocycles. The topological polar surface area (TPSA) is 9.86 Å². The summed E-state index contributed by atoms with van der Waals surface area (Å²) in [6.07, 6.45) is 6.59. The van der Waals surface area contributed by atoms with E-state index in [1.165, 1.54) is 92.5 Å². The Labute approximate surface area is 222 Å². The van der Waals surface area contributed by atoms with Crippen LogP contribution in [0, 0.1) is 0 Å². The fourth-order valence-electron chi connectivity index (χ4n) is 6.92. The maximum Gasteiger partial charge on any atom is 0.0547 e. The van der Waals surface area contributed by atoms with E-state index in [1.807, 2.05) is 0 Å². The molecule has 184 valence electrons. The molecule has 0 aliphatic heterocycles. The first-order valence-corrected chi connectivity index (χ1v) is 14.0. The molecule has 0 radical (unpaired) electrons. The maximum atomic E-state index is 2.66. The number of hydrogen-bond acceptors (Lipinski definition) is 0. The van der Waals surface area contributed by atoms with Crippen LogP contribution in [0.25, 0.3) is 60.4 Å². The van der Waals surface area contributed by atoms with E-state index in [-0.39, 0.29) is 0 Å². The van der Waals surface area contributed by atoms with Gasteiger partial charge in [0, 0.05) is 44.3 Å². The fraction of sp³-hybridized carbons (Fsp3) is 0.167. The molecular weight excluding hydrogens is 460 g/mol. The lowest BCUT2D eigenvalue weighted by Gasteiger charge is -2.25. The average molecular weight is 491 g/mol. The minimum Gasteiger partial charge on any atom is -0.337 e. The van der Waals surface area contributed by atoms with Gasteiger partial charge < -0.3 is 9.13 Å². The smallest absolute Gasteiger partial charge is 0.0547 e. The molecule has 0 amide bonds. The van der Waals surface area contributed by atoms with Crippen molar-refractivity contribution in [3.8, 4) is 16.8 Å². The second kappa shape index (κ2) is 8.63. The largest absolute Gasteiger partial charge is 0.337 e. The molecule has 8 rings (SSSR count). The zero-order valence-corrected chi connectivity index (χ0v) is 21.5. The van der Waals surface area contributed by atoms with Gasteiger partial charge in [-0.1, -0.05) is 98.1 Å². The highest BCUT2D eigenvalue weighted by atomic mass is 15.0. The van der Waals surface area contributed by atoms with Crippen LogP contribution in [-0.4, -0.2) is 9.13 Å². The summed E-state index contributed by atoms with van der Waals surface area (Å²) in [5, 5.41) is 5.34. The van der Waals surface area contributed by atoms with Crippen molar-refractivity contribution in [3.05, 3.63) is 115 Å². The first-order valence-electron chi connectivity index (χ1n) is 14.0. The Bertz CT molecular complexity index is 1950. The van der Waals surface area contributed by atoms with E-state index < -0.39 is 0 Å². The van der Waals surface area contributed by atoms with E-state index in [1.54, 1.807) is 0 Å². The van der Waals surface area contributed by atoms with Crippen molar-refractivity contribution in [2.45, 2.75) is 38.1 Å². The first kappa shape index (κ1) is 21.8. The van der Waals surface area contributed by atoms with Crippen LogP contribution < -0.4 is 0 Å². The van der Waals surface area contributed by atoms with Crippen LogP contribution in [-0.2, 0) is 0 Å². The molecule has 2 heteroatoms. The highest BCUT2D eigenvalue weighted by molar-refractivity contribution is 6.11. The van der Waals surface area contributed by atoms with Gasteiger partial charge in [-0.25, -0.2) is 0 Å². The highest BCUT2D eigenvalue weighted by Crippen LogP contribution is 2.40. The van der Waals surface area contributed by atoms with Gasteiger partial charge in [-0.2, -0.15) is 0 Å². The van der Waals surface area contributed by atoms with E-state index in [9.17, 15) is 0 Å². The van der Waals surface area contributed by atoms with Gasteiger partial charge in [-0.15, -0.1) is 0 Å². The molecule has 1 aliphatic carbocycles. The van der Waals surface area contributed by atoms with Gasteiger partial charge in [0.25, 0.3) is 0 Å². The van der Waals surface area contributed by atoms with E-state index in [0.717, 1.165) is 0 Å². The summed E-state index contributed by atoms with van der Waals surface area (Å²) in [5.74, 6) is 0. The Morgan fingerprint density at radius 3 is 1.74 bits per heavy atom. The monoisotopic (exact) mass is 490 g/mol. The van der Waals surface area contributed by atoms with Crippen LogP contribution in [0.1, 0.15) is 38.1 Å². The Balaban J connectivity index is 1.37. The Kier molecular flexibility index (Phi) is 4.94. The summed E-state index contributed by atoms with van der Waals surface area (Å²) in [4.78, 5) is 0. The molecule has 2 aromatic heterocycles. The molecule has 2 heterocycles. The zero-order chi connectivity index (χ0) is 25.1. The van der Waals surface area contributed by atoms with Gasteiger partial charge in [0.15, 0.2) is 0 Å². The predicted molar refractivity (Wildman–Crippen MR) is 161 cm³/mol. The second-order valence-corrected chi connectivity index (χ2v) is 10.8. The van der Waals surface area contributed by atoms with Crippen molar-refractivity contribution in [2.75, 3.05) is 0 Å². The Morgan fingerprint density at radius 1 is 0.447 bits per heavy atom. The van der Waals surface area contributed by atoms with E-state index in [4.69, 9.17) is 0 Å². The van der Waals surface area contributed by atoms with E-state index >= 15 is 0 Å². The average Bonchev–Trinajstić information content (AvgIpc) is 3.50. The van der Waals surface area contributed by atoms with Crippen molar-refractivity contribution < 1.29 is 0 Å². The molecule has 5 aromatic carbocycles. The van der Waals surface area contributed by atoms with Crippen molar-refractivity contribution in [2.24, 2.45) is 0 Å². The molecule has 1 aliphatic rings. The molecule has 0 saturated heterocycles. The van der Waals surface area contributed by atoms with Gasteiger partial charge in [0.05, 0.1) is 11.0 Å². The lowest BCUT2D eigenvalue weighted by atomic mass is 9.95. The molecule has 2 nitrogen and oxygen atoms in total. The Morgan fingerprint density at radius 2 is 1.00 bits per heavy atom. The van der Waals surface area contributed by atoms with Crippen LogP contribution in [0.5, 0.6) is 0 Å². The summed E-state index contributed by atoms with van der Waals surface area (Å²) < 4.78 is 5.07. The van der Waals surface area contributed by atoms with Crippen molar-refractivity contribution in [3.63, 3.8) is 0 Å². The zero-order valence-electron chi connectivity index (χ0n) is 21.5. The molecule has 0 unspecified atom stereocenters.